The van der Waals surface area contributed by atoms with Crippen molar-refractivity contribution in [2.75, 3.05) is 0 Å². The van der Waals surface area contributed by atoms with Gasteiger partial charge in [-0.15, -0.1) is 0 Å². The van der Waals surface area contributed by atoms with Crippen molar-refractivity contribution in [1.29, 1.82) is 0 Å². The van der Waals surface area contributed by atoms with E-state index in [9.17, 15) is 4.79 Å². The molecule has 1 heterocycles. The zero-order valence-corrected chi connectivity index (χ0v) is 7.24. The van der Waals surface area contributed by atoms with Gasteiger partial charge < -0.3 is 4.74 Å². The predicted molar refractivity (Wildman–Crippen MR) is 42.8 cm³/mol. The van der Waals surface area contributed by atoms with Crippen LogP contribution in [0.25, 0.3) is 0 Å². The van der Waals surface area contributed by atoms with Gasteiger partial charge in [0.15, 0.2) is 0 Å². The van der Waals surface area contributed by atoms with Crippen LogP contribution in [0.3, 0.4) is 0 Å². The van der Waals surface area contributed by atoms with Gasteiger partial charge in [0, 0.05) is 0 Å². The number of hydrogen-bond donors (Lipinski definition) is 0. The molecule has 0 saturated carbocycles. The van der Waals surface area contributed by atoms with Crippen molar-refractivity contribution in [2.45, 2.75) is 6.61 Å². The van der Waals surface area contributed by atoms with Gasteiger partial charge in [-0.25, -0.2) is 4.98 Å². The molecule has 0 bridgehead atoms. The van der Waals surface area contributed by atoms with Crippen molar-refractivity contribution >= 4 is 22.4 Å². The highest BCUT2D eigenvalue weighted by molar-refractivity contribution is 9.10. The van der Waals surface area contributed by atoms with Gasteiger partial charge in [-0.05, 0) is 28.1 Å². The van der Waals surface area contributed by atoms with Gasteiger partial charge in [0.1, 0.15) is 11.2 Å². The Balaban J connectivity index is 2.63. The summed E-state index contributed by atoms with van der Waals surface area (Å²) in [6.45, 7) is 0.630. The Hall–Kier alpha value is -0.900. The summed E-state index contributed by atoms with van der Waals surface area (Å²) in [6.07, 6.45) is 0. The Morgan fingerprint density at radius 3 is 3.09 bits per heavy atom. The zero-order chi connectivity index (χ0) is 8.10. The van der Waals surface area contributed by atoms with Crippen LogP contribution in [0.1, 0.15) is 5.69 Å². The maximum absolute atomic E-state index is 9.80. The van der Waals surface area contributed by atoms with Crippen LogP contribution >= 0.6 is 15.9 Å². The van der Waals surface area contributed by atoms with Crippen LogP contribution in [0.15, 0.2) is 22.8 Å². The number of hydrogen-bond acceptors (Lipinski definition) is 3. The average Bonchev–Trinajstić information content (AvgIpc) is 2.01. The van der Waals surface area contributed by atoms with Crippen LogP contribution in [0.4, 0.5) is 0 Å². The van der Waals surface area contributed by atoms with Crippen LogP contribution in [0, 0.1) is 0 Å². The highest BCUT2D eigenvalue weighted by Crippen LogP contribution is 2.06. The van der Waals surface area contributed by atoms with Gasteiger partial charge in [-0.3, -0.25) is 4.79 Å². The quantitative estimate of drug-likeness (QED) is 0.567. The van der Waals surface area contributed by atoms with Crippen molar-refractivity contribution < 1.29 is 9.53 Å². The standard InChI is InChI=1S/C7H6BrNO2/c8-7-3-1-2-6(9-7)4-11-5-10/h1-3,5H,4H2. The molecule has 1 aromatic heterocycles. The third kappa shape index (κ3) is 2.67. The number of ether oxygens (including phenoxy) is 1. The summed E-state index contributed by atoms with van der Waals surface area (Å²) in [7, 11) is 0. The van der Waals surface area contributed by atoms with Gasteiger partial charge >= 0.3 is 0 Å². The van der Waals surface area contributed by atoms with Gasteiger partial charge in [0.25, 0.3) is 6.47 Å². The molecule has 1 aromatic rings. The smallest absolute Gasteiger partial charge is 0.293 e. The van der Waals surface area contributed by atoms with Crippen molar-refractivity contribution in [3.63, 3.8) is 0 Å². The summed E-state index contributed by atoms with van der Waals surface area (Å²) in [5, 5.41) is 0. The lowest BCUT2D eigenvalue weighted by Crippen LogP contribution is -1.93. The van der Waals surface area contributed by atoms with Crippen LogP contribution in [0.2, 0.25) is 0 Å². The molecule has 11 heavy (non-hydrogen) atoms. The number of nitrogens with zero attached hydrogens (tertiary/aromatic N) is 1. The third-order valence-corrected chi connectivity index (χ3v) is 1.51. The molecule has 0 unspecified atom stereocenters. The van der Waals surface area contributed by atoms with Gasteiger partial charge in [-0.1, -0.05) is 6.07 Å². The summed E-state index contributed by atoms with van der Waals surface area (Å²) >= 11 is 3.20. The normalized spacial score (nSPS) is 9.18. The third-order valence-electron chi connectivity index (χ3n) is 1.07. The summed E-state index contributed by atoms with van der Waals surface area (Å²) in [6, 6.07) is 5.43. The summed E-state index contributed by atoms with van der Waals surface area (Å²) < 4.78 is 5.25. The molecule has 3 nitrogen and oxygen atoms in total. The van der Waals surface area contributed by atoms with Crippen LogP contribution in [0.5, 0.6) is 0 Å². The minimum Gasteiger partial charge on any atom is -0.461 e. The maximum atomic E-state index is 9.80. The number of halogens is 1. The van der Waals surface area contributed by atoms with E-state index in [4.69, 9.17) is 0 Å². The van der Waals surface area contributed by atoms with Gasteiger partial charge in [0.2, 0.25) is 0 Å². The number of carbonyl (C=O) groups is 1. The lowest BCUT2D eigenvalue weighted by atomic mass is 10.4. The predicted octanol–water partition coefficient (Wildman–Crippen LogP) is 1.52. The SMILES string of the molecule is O=COCc1cccc(Br)n1. The largest absolute Gasteiger partial charge is 0.461 e. The molecule has 0 fully saturated rings. The van der Waals surface area contributed by atoms with E-state index in [1.807, 2.05) is 12.1 Å². The first-order chi connectivity index (χ1) is 5.33. The highest BCUT2D eigenvalue weighted by Gasteiger charge is 1.93. The second-order valence-corrected chi connectivity index (χ2v) is 2.67. The van der Waals surface area contributed by atoms with Gasteiger partial charge in [-0.2, -0.15) is 0 Å². The van der Waals surface area contributed by atoms with E-state index in [-0.39, 0.29) is 6.61 Å². The summed E-state index contributed by atoms with van der Waals surface area (Å²) in [5.74, 6) is 0. The van der Waals surface area contributed by atoms with E-state index in [1.54, 1.807) is 6.07 Å². The number of pyridine rings is 1. The molecule has 0 aromatic carbocycles. The zero-order valence-electron chi connectivity index (χ0n) is 5.66. The number of rotatable bonds is 3. The molecule has 4 heteroatoms. The topological polar surface area (TPSA) is 39.2 Å². The monoisotopic (exact) mass is 215 g/mol. The molecule has 0 N–H and O–H groups in total. The Labute approximate surface area is 72.5 Å². The van der Waals surface area contributed by atoms with E-state index in [0.717, 1.165) is 10.3 Å². The second kappa shape index (κ2) is 4.08. The fraction of sp³-hybridized carbons (Fsp3) is 0.143. The molecule has 0 saturated heterocycles. The molecule has 1 rings (SSSR count). The molecule has 0 aliphatic carbocycles. The molecule has 0 atom stereocenters. The van der Waals surface area contributed by atoms with E-state index in [2.05, 4.69) is 25.7 Å². The van der Waals surface area contributed by atoms with Crippen molar-refractivity contribution in [2.24, 2.45) is 0 Å². The molecule has 0 aliphatic heterocycles. The van der Waals surface area contributed by atoms with Crippen molar-refractivity contribution in [3.8, 4) is 0 Å². The Morgan fingerprint density at radius 1 is 1.64 bits per heavy atom. The molecular weight excluding hydrogens is 210 g/mol. The molecule has 0 spiro atoms. The number of carbonyl (C=O) groups excluding carboxylic acids is 1. The van der Waals surface area contributed by atoms with Crippen LogP contribution in [-0.2, 0) is 16.1 Å². The minimum absolute atomic E-state index is 0.225. The first-order valence-corrected chi connectivity index (χ1v) is 3.79. The molecular formula is C7H6BrNO2. The Morgan fingerprint density at radius 2 is 2.45 bits per heavy atom. The highest BCUT2D eigenvalue weighted by atomic mass is 79.9. The summed E-state index contributed by atoms with van der Waals surface area (Å²) in [5.41, 5.74) is 0.728. The number of aromatic nitrogens is 1. The molecule has 0 amide bonds. The van der Waals surface area contributed by atoms with E-state index in [1.165, 1.54) is 0 Å². The lowest BCUT2D eigenvalue weighted by Gasteiger charge is -1.97. The summed E-state index contributed by atoms with van der Waals surface area (Å²) in [4.78, 5) is 13.8. The van der Waals surface area contributed by atoms with Crippen LogP contribution in [-0.4, -0.2) is 11.5 Å². The average molecular weight is 216 g/mol. The molecule has 58 valence electrons. The first-order valence-electron chi connectivity index (χ1n) is 2.99. The first kappa shape index (κ1) is 8.20. The Bertz CT molecular complexity index is 252. The fourth-order valence-corrected chi connectivity index (χ4v) is 1.03. The Kier molecular flexibility index (Phi) is 3.04. The second-order valence-electron chi connectivity index (χ2n) is 1.86. The minimum atomic E-state index is 0.225. The van der Waals surface area contributed by atoms with Crippen LogP contribution < -0.4 is 0 Å². The van der Waals surface area contributed by atoms with Crippen molar-refractivity contribution in [1.82, 2.24) is 4.98 Å². The molecule has 0 radical (unpaired) electrons. The van der Waals surface area contributed by atoms with Crippen molar-refractivity contribution in [3.05, 3.63) is 28.5 Å². The van der Waals surface area contributed by atoms with Gasteiger partial charge in [0.05, 0.1) is 5.69 Å². The van der Waals surface area contributed by atoms with E-state index >= 15 is 0 Å². The van der Waals surface area contributed by atoms with E-state index in [0.29, 0.717) is 6.47 Å². The maximum Gasteiger partial charge on any atom is 0.293 e. The lowest BCUT2D eigenvalue weighted by molar-refractivity contribution is -0.129. The molecule has 0 aliphatic rings. The fourth-order valence-electron chi connectivity index (χ4n) is 0.650. The van der Waals surface area contributed by atoms with E-state index < -0.39 is 0 Å².